The standard InChI is InChI=1S/C31H40F2N8O4/c1-3-31(42)37-24-17-25(28(43-2)18-27(24)40-9-6-21(7-10-40)39-11-14-44-15-12-39)36-29(34)19-30(38-35)41-26(8-13-45-41)22-5-4-20(32)16-23(22)33/h3-5,16-19,21,26,38H,1,6-15,35H2,2H3,(H2,34,36)(H,37,42)/b30-19+/t26-/m1/s1. The minimum atomic E-state index is -0.697. The molecule has 0 saturated carbocycles. The van der Waals surface area contributed by atoms with E-state index < -0.39 is 17.7 Å². The highest BCUT2D eigenvalue weighted by molar-refractivity contribution is 6.02. The van der Waals surface area contributed by atoms with E-state index in [2.05, 4.69) is 32.1 Å². The van der Waals surface area contributed by atoms with Crippen molar-refractivity contribution in [3.63, 3.8) is 0 Å². The summed E-state index contributed by atoms with van der Waals surface area (Å²) in [6, 6.07) is 6.83. The van der Waals surface area contributed by atoms with Gasteiger partial charge in [-0.15, -0.1) is 0 Å². The first-order valence-electron chi connectivity index (χ1n) is 14.9. The van der Waals surface area contributed by atoms with Crippen molar-refractivity contribution in [2.24, 2.45) is 16.6 Å². The van der Waals surface area contributed by atoms with Gasteiger partial charge in [0.1, 0.15) is 34.7 Å². The molecule has 5 rings (SSSR count). The summed E-state index contributed by atoms with van der Waals surface area (Å²) in [4.78, 5) is 27.4. The first-order valence-corrected chi connectivity index (χ1v) is 14.9. The zero-order valence-electron chi connectivity index (χ0n) is 25.3. The monoisotopic (exact) mass is 626 g/mol. The van der Waals surface area contributed by atoms with Gasteiger partial charge >= 0.3 is 0 Å². The van der Waals surface area contributed by atoms with Gasteiger partial charge < -0.3 is 30.8 Å². The minimum absolute atomic E-state index is 0.0233. The van der Waals surface area contributed by atoms with Crippen molar-refractivity contribution in [2.45, 2.75) is 31.3 Å². The Labute approximate surface area is 261 Å². The number of nitrogens with zero attached hydrogens (tertiary/aromatic N) is 4. The Kier molecular flexibility index (Phi) is 10.5. The lowest BCUT2D eigenvalue weighted by atomic mass is 10.0. The number of hydrogen-bond acceptors (Lipinski definition) is 10. The molecule has 0 bridgehead atoms. The molecule has 0 unspecified atom stereocenters. The molecule has 3 aliphatic rings. The summed E-state index contributed by atoms with van der Waals surface area (Å²) in [5.74, 6) is 4.74. The minimum Gasteiger partial charge on any atom is -0.494 e. The third kappa shape index (κ3) is 7.53. The van der Waals surface area contributed by atoms with Crippen LogP contribution in [0.5, 0.6) is 5.75 Å². The number of carbonyl (C=O) groups excluding carboxylic acids is 1. The van der Waals surface area contributed by atoms with E-state index in [0.29, 0.717) is 29.6 Å². The van der Waals surface area contributed by atoms with Gasteiger partial charge in [0.15, 0.2) is 0 Å². The summed E-state index contributed by atoms with van der Waals surface area (Å²) >= 11 is 0. The van der Waals surface area contributed by atoms with Gasteiger partial charge in [-0.1, -0.05) is 12.6 Å². The molecular formula is C31H40F2N8O4. The van der Waals surface area contributed by atoms with Crippen LogP contribution >= 0.6 is 0 Å². The second kappa shape index (κ2) is 14.7. The fourth-order valence-corrected chi connectivity index (χ4v) is 6.01. The molecule has 3 heterocycles. The molecule has 0 radical (unpaired) electrons. The second-order valence-corrected chi connectivity index (χ2v) is 10.9. The number of aliphatic imine (C=N–C) groups is 1. The van der Waals surface area contributed by atoms with Crippen LogP contribution in [0, 0.1) is 11.6 Å². The average molecular weight is 627 g/mol. The number of carbonyl (C=O) groups is 1. The molecule has 6 N–H and O–H groups in total. The third-order valence-corrected chi connectivity index (χ3v) is 8.25. The number of nitrogens with two attached hydrogens (primary N) is 2. The van der Waals surface area contributed by atoms with E-state index in [1.807, 2.05) is 6.07 Å². The predicted octanol–water partition coefficient (Wildman–Crippen LogP) is 3.07. The SMILES string of the molecule is C=CC(=O)Nc1cc(N=C(N)/C=C(\NN)N2OCC[C@@H]2c2ccc(F)cc2F)c(OC)cc1N1CCC(N2CCOCC2)CC1. The number of amides is 1. The molecule has 3 fully saturated rings. The van der Waals surface area contributed by atoms with E-state index >= 15 is 0 Å². The van der Waals surface area contributed by atoms with Gasteiger partial charge in [-0.25, -0.2) is 24.7 Å². The van der Waals surface area contributed by atoms with Crippen LogP contribution < -0.4 is 32.0 Å². The quantitative estimate of drug-likeness (QED) is 0.102. The largest absolute Gasteiger partial charge is 0.494 e. The van der Waals surface area contributed by atoms with E-state index in [1.54, 1.807) is 6.07 Å². The number of piperidine rings is 1. The summed E-state index contributed by atoms with van der Waals surface area (Å²) < 4.78 is 39.3. The molecule has 242 valence electrons. The highest BCUT2D eigenvalue weighted by Crippen LogP contribution is 2.40. The number of nitrogens with one attached hydrogen (secondary N) is 2. The number of ether oxygens (including phenoxy) is 2. The number of hydrazine groups is 1. The normalized spacial score (nSPS) is 20.3. The van der Waals surface area contributed by atoms with E-state index in [-0.39, 0.29) is 29.7 Å². The Bertz CT molecular complexity index is 1440. The van der Waals surface area contributed by atoms with Crippen LogP contribution in [0.25, 0.3) is 0 Å². The fraction of sp³-hybridized carbons (Fsp3) is 0.419. The Hall–Kier alpha value is -4.24. The van der Waals surface area contributed by atoms with E-state index in [4.69, 9.17) is 25.9 Å². The van der Waals surface area contributed by atoms with Crippen LogP contribution in [0.15, 0.2) is 59.9 Å². The lowest BCUT2D eigenvalue weighted by molar-refractivity contribution is -0.111. The molecule has 0 aliphatic carbocycles. The number of morpholine rings is 1. The molecule has 1 atom stereocenters. The van der Waals surface area contributed by atoms with Gasteiger partial charge in [-0.05, 0) is 31.1 Å². The van der Waals surface area contributed by atoms with Crippen LogP contribution in [0.3, 0.4) is 0 Å². The van der Waals surface area contributed by atoms with Gasteiger partial charge in [0.2, 0.25) is 5.91 Å². The molecule has 14 heteroatoms. The number of rotatable bonds is 10. The summed E-state index contributed by atoms with van der Waals surface area (Å²) in [6.07, 6.45) is 5.03. The second-order valence-electron chi connectivity index (χ2n) is 10.9. The number of anilines is 2. The van der Waals surface area contributed by atoms with Crippen LogP contribution in [0.4, 0.5) is 25.8 Å². The molecule has 3 aliphatic heterocycles. The van der Waals surface area contributed by atoms with Crippen molar-refractivity contribution in [1.82, 2.24) is 15.4 Å². The third-order valence-electron chi connectivity index (χ3n) is 8.25. The maximum Gasteiger partial charge on any atom is 0.247 e. The molecule has 2 aromatic rings. The van der Waals surface area contributed by atoms with Crippen LogP contribution in [0.1, 0.15) is 30.9 Å². The molecule has 0 aromatic heterocycles. The number of methoxy groups -OCH3 is 1. The Morgan fingerprint density at radius 3 is 2.53 bits per heavy atom. The van der Waals surface area contributed by atoms with Crippen molar-refractivity contribution in [1.29, 1.82) is 0 Å². The molecular weight excluding hydrogens is 586 g/mol. The summed E-state index contributed by atoms with van der Waals surface area (Å²) in [6.45, 7) is 8.87. The van der Waals surface area contributed by atoms with Gasteiger partial charge in [0.25, 0.3) is 0 Å². The summed E-state index contributed by atoms with van der Waals surface area (Å²) in [5.41, 5.74) is 10.8. The fourth-order valence-electron chi connectivity index (χ4n) is 6.01. The molecule has 0 spiro atoms. The Morgan fingerprint density at radius 1 is 1.11 bits per heavy atom. The number of halogens is 2. The number of benzene rings is 2. The highest BCUT2D eigenvalue weighted by atomic mass is 19.1. The maximum atomic E-state index is 14.6. The number of amidine groups is 1. The number of hydrogen-bond donors (Lipinski definition) is 4. The number of hydroxylamine groups is 2. The van der Waals surface area contributed by atoms with Gasteiger partial charge in [-0.2, -0.15) is 0 Å². The van der Waals surface area contributed by atoms with Crippen LogP contribution in [0.2, 0.25) is 0 Å². The summed E-state index contributed by atoms with van der Waals surface area (Å²) in [7, 11) is 1.53. The van der Waals surface area contributed by atoms with E-state index in [9.17, 15) is 13.6 Å². The van der Waals surface area contributed by atoms with Gasteiger partial charge in [0, 0.05) is 62.4 Å². The molecule has 45 heavy (non-hydrogen) atoms. The average Bonchev–Trinajstić information content (AvgIpc) is 3.53. The lowest BCUT2D eigenvalue weighted by Crippen LogP contribution is -2.49. The van der Waals surface area contributed by atoms with Crippen molar-refractivity contribution in [2.75, 3.05) is 63.3 Å². The van der Waals surface area contributed by atoms with Crippen LogP contribution in [-0.4, -0.2) is 80.9 Å². The van der Waals surface area contributed by atoms with Gasteiger partial charge in [-0.3, -0.25) is 14.5 Å². The van der Waals surface area contributed by atoms with Crippen molar-refractivity contribution in [3.05, 3.63) is 72.1 Å². The van der Waals surface area contributed by atoms with Crippen molar-refractivity contribution >= 4 is 28.8 Å². The molecule has 3 saturated heterocycles. The Morgan fingerprint density at radius 2 is 1.87 bits per heavy atom. The Balaban J connectivity index is 1.40. The highest BCUT2D eigenvalue weighted by Gasteiger charge is 2.32. The first-order chi connectivity index (χ1) is 21.8. The van der Waals surface area contributed by atoms with Crippen molar-refractivity contribution in [3.8, 4) is 5.75 Å². The first kappa shape index (κ1) is 32.2. The lowest BCUT2D eigenvalue weighted by Gasteiger charge is -2.41. The topological polar surface area (TPSA) is 143 Å². The van der Waals surface area contributed by atoms with E-state index in [0.717, 1.165) is 64.0 Å². The zero-order chi connectivity index (χ0) is 31.9. The molecule has 2 aromatic carbocycles. The summed E-state index contributed by atoms with van der Waals surface area (Å²) in [5, 5.41) is 4.28. The predicted molar refractivity (Wildman–Crippen MR) is 168 cm³/mol. The van der Waals surface area contributed by atoms with Crippen molar-refractivity contribution < 1.29 is 27.9 Å². The smallest absolute Gasteiger partial charge is 0.247 e. The van der Waals surface area contributed by atoms with Crippen LogP contribution in [-0.2, 0) is 14.4 Å². The maximum absolute atomic E-state index is 14.6. The van der Waals surface area contributed by atoms with E-state index in [1.165, 1.54) is 36.5 Å². The van der Waals surface area contributed by atoms with Gasteiger partial charge in [0.05, 0.1) is 44.3 Å². The molecule has 12 nitrogen and oxygen atoms in total. The molecule has 1 amide bonds. The zero-order valence-corrected chi connectivity index (χ0v) is 25.3.